The fourth-order valence-electron chi connectivity index (χ4n) is 2.58. The normalized spacial score (nSPS) is 16.6. The Bertz CT molecular complexity index is 466. The minimum Gasteiger partial charge on any atom is -0.379 e. The predicted molar refractivity (Wildman–Crippen MR) is 92.4 cm³/mol. The third-order valence-electron chi connectivity index (χ3n) is 4.12. The van der Waals surface area contributed by atoms with E-state index in [1.54, 1.807) is 0 Å². The number of hydrogen-bond acceptors (Lipinski definition) is 2. The quantitative estimate of drug-likeness (QED) is 0.441. The highest BCUT2D eigenvalue weighted by atomic mass is 16.5. The van der Waals surface area contributed by atoms with Crippen molar-refractivity contribution in [3.63, 3.8) is 0 Å². The minimum absolute atomic E-state index is 0.304. The average molecular weight is 303 g/mol. The smallest absolute Gasteiger partial charge is 0.191 e. The molecule has 0 bridgehead atoms. The lowest BCUT2D eigenvalue weighted by Gasteiger charge is -2.19. The zero-order valence-electron chi connectivity index (χ0n) is 14.1. The third kappa shape index (κ3) is 5.02. The van der Waals surface area contributed by atoms with Gasteiger partial charge in [-0.05, 0) is 38.7 Å². The van der Waals surface area contributed by atoms with E-state index in [-0.39, 0.29) is 0 Å². The van der Waals surface area contributed by atoms with E-state index in [2.05, 4.69) is 59.8 Å². The lowest BCUT2D eigenvalue weighted by atomic mass is 9.96. The summed E-state index contributed by atoms with van der Waals surface area (Å²) in [5, 5.41) is 6.82. The van der Waals surface area contributed by atoms with Crippen LogP contribution in [0.4, 0.5) is 0 Å². The number of rotatable bonds is 8. The molecule has 1 aromatic rings. The van der Waals surface area contributed by atoms with Crippen LogP contribution >= 0.6 is 0 Å². The molecule has 0 spiro atoms. The number of nitrogens with one attached hydrogen (secondary N) is 2. The summed E-state index contributed by atoms with van der Waals surface area (Å²) in [6.07, 6.45) is 3.80. The lowest BCUT2D eigenvalue weighted by Crippen LogP contribution is -2.41. The van der Waals surface area contributed by atoms with E-state index >= 15 is 0 Å². The summed E-state index contributed by atoms with van der Waals surface area (Å²) in [7, 11) is 1.82. The highest BCUT2D eigenvalue weighted by Gasteiger charge is 2.43. The molecule has 0 saturated heterocycles. The molecule has 1 aliphatic carbocycles. The fourth-order valence-corrected chi connectivity index (χ4v) is 2.58. The summed E-state index contributed by atoms with van der Waals surface area (Å²) in [6, 6.07) is 10.8. The van der Waals surface area contributed by atoms with Gasteiger partial charge in [0.15, 0.2) is 5.96 Å². The zero-order chi connectivity index (χ0) is 15.8. The van der Waals surface area contributed by atoms with Gasteiger partial charge in [-0.15, -0.1) is 0 Å². The molecule has 22 heavy (non-hydrogen) atoms. The van der Waals surface area contributed by atoms with Gasteiger partial charge < -0.3 is 15.4 Å². The van der Waals surface area contributed by atoms with E-state index in [1.807, 2.05) is 7.05 Å². The molecule has 4 nitrogen and oxygen atoms in total. The van der Waals surface area contributed by atoms with Crippen LogP contribution in [-0.4, -0.2) is 38.8 Å². The van der Waals surface area contributed by atoms with Crippen molar-refractivity contribution in [2.24, 2.45) is 4.99 Å². The topological polar surface area (TPSA) is 45.7 Å². The average Bonchev–Trinajstić information content (AvgIpc) is 3.32. The van der Waals surface area contributed by atoms with E-state index in [1.165, 1.54) is 18.4 Å². The molecule has 1 fully saturated rings. The van der Waals surface area contributed by atoms with Gasteiger partial charge >= 0.3 is 0 Å². The van der Waals surface area contributed by atoms with Gasteiger partial charge in [0.05, 0.1) is 6.10 Å². The number of hydrogen-bond donors (Lipinski definition) is 2. The van der Waals surface area contributed by atoms with Crippen LogP contribution in [0.1, 0.15) is 38.7 Å². The number of ether oxygens (including phenoxy) is 1. The first-order valence-electron chi connectivity index (χ1n) is 8.28. The Kier molecular flexibility index (Phi) is 6.25. The zero-order valence-corrected chi connectivity index (χ0v) is 14.1. The predicted octanol–water partition coefficient (Wildman–Crippen LogP) is 2.70. The van der Waals surface area contributed by atoms with Crippen LogP contribution in [-0.2, 0) is 10.2 Å². The summed E-state index contributed by atoms with van der Waals surface area (Å²) in [4.78, 5) is 4.30. The Morgan fingerprint density at radius 3 is 2.55 bits per heavy atom. The molecular formula is C18H29N3O. The highest BCUT2D eigenvalue weighted by molar-refractivity contribution is 5.79. The number of benzene rings is 1. The van der Waals surface area contributed by atoms with E-state index in [9.17, 15) is 0 Å². The second-order valence-electron chi connectivity index (χ2n) is 6.27. The summed E-state index contributed by atoms with van der Waals surface area (Å²) < 4.78 is 5.54. The number of guanidine groups is 1. The van der Waals surface area contributed by atoms with Gasteiger partial charge in [-0.3, -0.25) is 4.99 Å². The maximum atomic E-state index is 5.54. The first-order chi connectivity index (χ1) is 10.7. The van der Waals surface area contributed by atoms with Gasteiger partial charge in [-0.1, -0.05) is 30.3 Å². The molecule has 0 aromatic heterocycles. The summed E-state index contributed by atoms with van der Waals surface area (Å²) in [6.45, 7) is 6.73. The minimum atomic E-state index is 0.304. The molecule has 122 valence electrons. The first kappa shape index (κ1) is 16.8. The van der Waals surface area contributed by atoms with Crippen molar-refractivity contribution in [3.8, 4) is 0 Å². The largest absolute Gasteiger partial charge is 0.379 e. The van der Waals surface area contributed by atoms with Crippen molar-refractivity contribution in [2.75, 3.05) is 26.7 Å². The van der Waals surface area contributed by atoms with Crippen molar-refractivity contribution in [1.82, 2.24) is 10.6 Å². The Morgan fingerprint density at radius 2 is 1.95 bits per heavy atom. The SMILES string of the molecule is CN=C(NCCCOC(C)C)NCC1(c2ccccc2)CC1. The lowest BCUT2D eigenvalue weighted by molar-refractivity contribution is 0.0776. The molecule has 0 amide bonds. The van der Waals surface area contributed by atoms with Crippen LogP contribution in [0.5, 0.6) is 0 Å². The van der Waals surface area contributed by atoms with Gasteiger partial charge in [0.1, 0.15) is 0 Å². The molecule has 0 unspecified atom stereocenters. The molecule has 2 rings (SSSR count). The Morgan fingerprint density at radius 1 is 1.23 bits per heavy atom. The Balaban J connectivity index is 1.71. The van der Waals surface area contributed by atoms with Crippen molar-refractivity contribution >= 4 is 5.96 Å². The van der Waals surface area contributed by atoms with Gasteiger partial charge in [0.2, 0.25) is 0 Å². The maximum absolute atomic E-state index is 5.54. The fraction of sp³-hybridized carbons (Fsp3) is 0.611. The van der Waals surface area contributed by atoms with E-state index in [4.69, 9.17) is 4.74 Å². The van der Waals surface area contributed by atoms with Crippen LogP contribution in [0.2, 0.25) is 0 Å². The molecule has 1 aromatic carbocycles. The van der Waals surface area contributed by atoms with Gasteiger partial charge in [-0.25, -0.2) is 0 Å². The van der Waals surface area contributed by atoms with Crippen molar-refractivity contribution in [3.05, 3.63) is 35.9 Å². The van der Waals surface area contributed by atoms with Crippen LogP contribution in [0.3, 0.4) is 0 Å². The van der Waals surface area contributed by atoms with Gasteiger partial charge in [0.25, 0.3) is 0 Å². The first-order valence-corrected chi connectivity index (χ1v) is 8.28. The molecule has 1 saturated carbocycles. The molecule has 0 atom stereocenters. The van der Waals surface area contributed by atoms with Crippen molar-refractivity contribution in [1.29, 1.82) is 0 Å². The second-order valence-corrected chi connectivity index (χ2v) is 6.27. The molecule has 0 aliphatic heterocycles. The summed E-state index contributed by atoms with van der Waals surface area (Å²) in [5.74, 6) is 0.881. The summed E-state index contributed by atoms with van der Waals surface area (Å²) in [5.41, 5.74) is 1.74. The molecular weight excluding hydrogens is 274 g/mol. The molecule has 1 aliphatic rings. The summed E-state index contributed by atoms with van der Waals surface area (Å²) >= 11 is 0. The molecule has 0 heterocycles. The number of nitrogens with zero attached hydrogens (tertiary/aromatic N) is 1. The van der Waals surface area contributed by atoms with Crippen LogP contribution in [0.15, 0.2) is 35.3 Å². The standard InChI is InChI=1S/C18H29N3O/c1-15(2)22-13-7-12-20-17(19-3)21-14-18(10-11-18)16-8-5-4-6-9-16/h4-6,8-9,15H,7,10-14H2,1-3H3,(H2,19,20,21). The molecule has 4 heteroatoms. The van der Waals surface area contributed by atoms with E-state index < -0.39 is 0 Å². The van der Waals surface area contributed by atoms with E-state index in [0.29, 0.717) is 11.5 Å². The monoisotopic (exact) mass is 303 g/mol. The third-order valence-corrected chi connectivity index (χ3v) is 4.12. The highest BCUT2D eigenvalue weighted by Crippen LogP contribution is 2.47. The molecule has 0 radical (unpaired) electrons. The Labute approximate surface area is 134 Å². The molecule has 2 N–H and O–H groups in total. The number of aliphatic imine (C=N–C) groups is 1. The van der Waals surface area contributed by atoms with E-state index in [0.717, 1.165) is 32.1 Å². The van der Waals surface area contributed by atoms with Gasteiger partial charge in [0, 0.05) is 32.2 Å². The maximum Gasteiger partial charge on any atom is 0.191 e. The second kappa shape index (κ2) is 8.18. The van der Waals surface area contributed by atoms with Crippen LogP contribution in [0, 0.1) is 0 Å². The Hall–Kier alpha value is -1.55. The van der Waals surface area contributed by atoms with Crippen LogP contribution < -0.4 is 10.6 Å². The van der Waals surface area contributed by atoms with Gasteiger partial charge in [-0.2, -0.15) is 0 Å². The van der Waals surface area contributed by atoms with Crippen molar-refractivity contribution < 1.29 is 4.74 Å². The van der Waals surface area contributed by atoms with Crippen LogP contribution in [0.25, 0.3) is 0 Å². The van der Waals surface area contributed by atoms with Crippen molar-refractivity contribution in [2.45, 2.75) is 44.6 Å².